The Morgan fingerprint density at radius 2 is 1.50 bits per heavy atom. The minimum Gasteiger partial charge on any atom is -0.345 e. The molecule has 0 aromatic heterocycles. The summed E-state index contributed by atoms with van der Waals surface area (Å²) in [4.78, 5) is 13.8. The first kappa shape index (κ1) is 14.3. The molecule has 0 aliphatic carbocycles. The van der Waals surface area contributed by atoms with Crippen molar-refractivity contribution >= 4 is 17.2 Å². The normalized spacial score (nSPS) is 10.4. The summed E-state index contributed by atoms with van der Waals surface area (Å²) in [5.74, 6) is 0.186. The Labute approximate surface area is 121 Å². The Hall–Kier alpha value is -2.09. The van der Waals surface area contributed by atoms with E-state index < -0.39 is 0 Å². The maximum atomic E-state index is 11.6. The van der Waals surface area contributed by atoms with Crippen molar-refractivity contribution in [3.05, 3.63) is 59.2 Å². The summed E-state index contributed by atoms with van der Waals surface area (Å²) in [6.07, 6.45) is 0.548. The Morgan fingerprint density at radius 3 is 2.00 bits per heavy atom. The zero-order chi connectivity index (χ0) is 14.7. The molecule has 0 heterocycles. The lowest BCUT2D eigenvalue weighted by Crippen LogP contribution is -2.10. The molecule has 0 radical (unpaired) electrons. The Bertz CT molecular complexity index is 594. The van der Waals surface area contributed by atoms with Crippen molar-refractivity contribution in [3.8, 4) is 0 Å². The van der Waals surface area contributed by atoms with Crippen LogP contribution in [-0.4, -0.2) is 12.8 Å². The molecular weight excluding hydrogens is 246 g/mol. The topological polar surface area (TPSA) is 20.3 Å². The van der Waals surface area contributed by atoms with Crippen molar-refractivity contribution in [2.24, 2.45) is 0 Å². The van der Waals surface area contributed by atoms with Crippen LogP contribution in [-0.2, 0) is 0 Å². The van der Waals surface area contributed by atoms with Crippen LogP contribution in [0, 0.1) is 13.8 Å². The highest BCUT2D eigenvalue weighted by molar-refractivity contribution is 5.96. The van der Waals surface area contributed by atoms with Gasteiger partial charge in [-0.3, -0.25) is 4.79 Å². The number of aryl methyl sites for hydroxylation is 2. The van der Waals surface area contributed by atoms with E-state index in [9.17, 15) is 4.79 Å². The van der Waals surface area contributed by atoms with E-state index in [0.717, 1.165) is 16.9 Å². The van der Waals surface area contributed by atoms with E-state index in [1.807, 2.05) is 38.2 Å². The van der Waals surface area contributed by atoms with Gasteiger partial charge in [0.1, 0.15) is 0 Å². The Morgan fingerprint density at radius 1 is 0.950 bits per heavy atom. The van der Waals surface area contributed by atoms with Gasteiger partial charge in [-0.25, -0.2) is 0 Å². The van der Waals surface area contributed by atoms with E-state index in [4.69, 9.17) is 0 Å². The van der Waals surface area contributed by atoms with Gasteiger partial charge in [0, 0.05) is 30.4 Å². The van der Waals surface area contributed by atoms with Gasteiger partial charge in [0.15, 0.2) is 5.78 Å². The van der Waals surface area contributed by atoms with Gasteiger partial charge in [-0.15, -0.1) is 0 Å². The van der Waals surface area contributed by atoms with Crippen LogP contribution < -0.4 is 4.90 Å². The fourth-order valence-corrected chi connectivity index (χ4v) is 2.37. The average molecular weight is 267 g/mol. The molecule has 2 aromatic carbocycles. The van der Waals surface area contributed by atoms with E-state index in [0.29, 0.717) is 6.42 Å². The zero-order valence-electron chi connectivity index (χ0n) is 12.6. The van der Waals surface area contributed by atoms with Gasteiger partial charge in [0.05, 0.1) is 0 Å². The van der Waals surface area contributed by atoms with Gasteiger partial charge < -0.3 is 4.90 Å². The number of nitrogens with zero attached hydrogens (tertiary/aromatic N) is 1. The molecule has 2 nitrogen and oxygen atoms in total. The standard InChI is InChI=1S/C18H21NO/c1-5-18(20)15-6-8-16(9-7-15)19(4)17-11-13(2)10-14(3)12-17/h6-12H,5H2,1-4H3. The van der Waals surface area contributed by atoms with Gasteiger partial charge in [0.2, 0.25) is 0 Å². The summed E-state index contributed by atoms with van der Waals surface area (Å²) in [6.45, 7) is 6.10. The highest BCUT2D eigenvalue weighted by Crippen LogP contribution is 2.26. The predicted molar refractivity (Wildman–Crippen MR) is 85.0 cm³/mol. The smallest absolute Gasteiger partial charge is 0.162 e. The fraction of sp³-hybridized carbons (Fsp3) is 0.278. The lowest BCUT2D eigenvalue weighted by atomic mass is 10.1. The SMILES string of the molecule is CCC(=O)c1ccc(N(C)c2cc(C)cc(C)c2)cc1. The van der Waals surface area contributed by atoms with Crippen LogP contribution in [0.2, 0.25) is 0 Å². The second-order valence-electron chi connectivity index (χ2n) is 5.23. The highest BCUT2D eigenvalue weighted by Gasteiger charge is 2.07. The van der Waals surface area contributed by atoms with E-state index in [1.165, 1.54) is 11.1 Å². The van der Waals surface area contributed by atoms with E-state index >= 15 is 0 Å². The summed E-state index contributed by atoms with van der Waals surface area (Å²) < 4.78 is 0. The number of hydrogen-bond acceptors (Lipinski definition) is 2. The van der Waals surface area contributed by atoms with Gasteiger partial charge in [0.25, 0.3) is 0 Å². The van der Waals surface area contributed by atoms with Crippen molar-refractivity contribution in [2.75, 3.05) is 11.9 Å². The molecule has 2 heteroatoms. The average Bonchev–Trinajstić information content (AvgIpc) is 2.45. The molecule has 0 atom stereocenters. The monoisotopic (exact) mass is 267 g/mol. The van der Waals surface area contributed by atoms with E-state index in [-0.39, 0.29) is 5.78 Å². The lowest BCUT2D eigenvalue weighted by molar-refractivity contribution is 0.0988. The van der Waals surface area contributed by atoms with Crippen LogP contribution in [0.1, 0.15) is 34.8 Å². The van der Waals surface area contributed by atoms with Crippen LogP contribution >= 0.6 is 0 Å². The number of benzene rings is 2. The van der Waals surface area contributed by atoms with Crippen LogP contribution in [0.15, 0.2) is 42.5 Å². The Kier molecular flexibility index (Phi) is 4.23. The molecule has 20 heavy (non-hydrogen) atoms. The quantitative estimate of drug-likeness (QED) is 0.751. The molecule has 0 fully saturated rings. The fourth-order valence-electron chi connectivity index (χ4n) is 2.37. The van der Waals surface area contributed by atoms with Crippen molar-refractivity contribution in [1.29, 1.82) is 0 Å². The number of anilines is 2. The summed E-state index contributed by atoms with van der Waals surface area (Å²) in [5, 5.41) is 0. The first-order valence-electron chi connectivity index (χ1n) is 6.96. The number of Topliss-reactive ketones (excluding diaryl/α,β-unsaturated/α-hetero) is 1. The van der Waals surface area contributed by atoms with E-state index in [1.54, 1.807) is 0 Å². The minimum atomic E-state index is 0.186. The summed E-state index contributed by atoms with van der Waals surface area (Å²) in [5.41, 5.74) is 5.54. The molecule has 0 aliphatic heterocycles. The predicted octanol–water partition coefficient (Wildman–Crippen LogP) is 4.66. The molecule has 0 saturated carbocycles. The molecule has 0 N–H and O–H groups in total. The second-order valence-corrected chi connectivity index (χ2v) is 5.23. The van der Waals surface area contributed by atoms with E-state index in [2.05, 4.69) is 36.9 Å². The highest BCUT2D eigenvalue weighted by atomic mass is 16.1. The molecule has 2 aromatic rings. The van der Waals surface area contributed by atoms with Gasteiger partial charge in [-0.2, -0.15) is 0 Å². The third-order valence-electron chi connectivity index (χ3n) is 3.49. The second kappa shape index (κ2) is 5.91. The molecule has 0 spiro atoms. The zero-order valence-corrected chi connectivity index (χ0v) is 12.6. The summed E-state index contributed by atoms with van der Waals surface area (Å²) >= 11 is 0. The van der Waals surface area contributed by atoms with Gasteiger partial charge in [-0.1, -0.05) is 13.0 Å². The number of carbonyl (C=O) groups is 1. The minimum absolute atomic E-state index is 0.186. The van der Waals surface area contributed by atoms with Crippen LogP contribution in [0.25, 0.3) is 0 Å². The number of ketones is 1. The van der Waals surface area contributed by atoms with Crippen molar-refractivity contribution in [1.82, 2.24) is 0 Å². The first-order valence-corrected chi connectivity index (χ1v) is 6.96. The molecule has 104 valence electrons. The van der Waals surface area contributed by atoms with Crippen molar-refractivity contribution in [3.63, 3.8) is 0 Å². The van der Waals surface area contributed by atoms with Crippen LogP contribution in [0.5, 0.6) is 0 Å². The lowest BCUT2D eigenvalue weighted by Gasteiger charge is -2.21. The first-order chi connectivity index (χ1) is 9.51. The molecule has 0 aliphatic rings. The largest absolute Gasteiger partial charge is 0.345 e. The van der Waals surface area contributed by atoms with Crippen LogP contribution in [0.3, 0.4) is 0 Å². The molecule has 0 saturated heterocycles. The molecule has 0 unspecified atom stereocenters. The molecular formula is C18H21NO. The number of carbonyl (C=O) groups excluding carboxylic acids is 1. The number of rotatable bonds is 4. The summed E-state index contributed by atoms with van der Waals surface area (Å²) in [7, 11) is 2.05. The third kappa shape index (κ3) is 3.08. The summed E-state index contributed by atoms with van der Waals surface area (Å²) in [6, 6.07) is 14.3. The maximum Gasteiger partial charge on any atom is 0.162 e. The van der Waals surface area contributed by atoms with Crippen molar-refractivity contribution < 1.29 is 4.79 Å². The molecule has 0 amide bonds. The Balaban J connectivity index is 2.28. The van der Waals surface area contributed by atoms with Gasteiger partial charge >= 0.3 is 0 Å². The van der Waals surface area contributed by atoms with Crippen molar-refractivity contribution in [2.45, 2.75) is 27.2 Å². The van der Waals surface area contributed by atoms with Crippen LogP contribution in [0.4, 0.5) is 11.4 Å². The molecule has 0 bridgehead atoms. The number of hydrogen-bond donors (Lipinski definition) is 0. The molecule has 2 rings (SSSR count). The van der Waals surface area contributed by atoms with Gasteiger partial charge in [-0.05, 0) is 61.4 Å². The maximum absolute atomic E-state index is 11.6. The third-order valence-corrected chi connectivity index (χ3v) is 3.49.